The number of imidazole rings is 1. The van der Waals surface area contributed by atoms with Crippen LogP contribution in [-0.2, 0) is 18.8 Å². The Morgan fingerprint density at radius 2 is 2.15 bits per heavy atom. The van der Waals surface area contributed by atoms with Gasteiger partial charge in [0.25, 0.3) is 0 Å². The summed E-state index contributed by atoms with van der Waals surface area (Å²) >= 11 is 5.98. The number of aryl methyl sites for hydroxylation is 4. The molecule has 0 atom stereocenters. The number of alkyl halides is 1. The van der Waals surface area contributed by atoms with Crippen molar-refractivity contribution in [2.75, 3.05) is 0 Å². The van der Waals surface area contributed by atoms with E-state index >= 15 is 0 Å². The highest BCUT2D eigenvalue weighted by atomic mass is 35.5. The van der Waals surface area contributed by atoms with Gasteiger partial charge in [-0.25, -0.2) is 9.97 Å². The Bertz CT molecular complexity index is 748. The van der Waals surface area contributed by atoms with Gasteiger partial charge in [-0.05, 0) is 25.5 Å². The number of hydrogen-bond donors (Lipinski definition) is 0. The highest BCUT2D eigenvalue weighted by Gasteiger charge is 2.13. The van der Waals surface area contributed by atoms with Crippen molar-refractivity contribution in [2.24, 2.45) is 0 Å². The number of halogens is 1. The quantitative estimate of drug-likeness (QED) is 0.690. The van der Waals surface area contributed by atoms with Crippen molar-refractivity contribution in [1.29, 1.82) is 0 Å². The standard InChI is InChI=1S/C13H14ClN5O/c1-8-3-5-15-13-12(8)17-10(7-14)19(13)6-4-11-16-9(2)18-20-11/h3,5H,4,6-7H2,1-2H3. The predicted octanol–water partition coefficient (Wildman–Crippen LogP) is 2.41. The Morgan fingerprint density at radius 3 is 2.85 bits per heavy atom. The molecule has 0 fully saturated rings. The lowest BCUT2D eigenvalue weighted by molar-refractivity contribution is 0.368. The molecule has 104 valence electrons. The van der Waals surface area contributed by atoms with Gasteiger partial charge in [0.2, 0.25) is 5.89 Å². The first-order valence-electron chi connectivity index (χ1n) is 6.35. The van der Waals surface area contributed by atoms with Crippen LogP contribution in [0.5, 0.6) is 0 Å². The second-order valence-electron chi connectivity index (χ2n) is 4.60. The largest absolute Gasteiger partial charge is 0.339 e. The van der Waals surface area contributed by atoms with Crippen LogP contribution in [0.1, 0.15) is 23.1 Å². The Morgan fingerprint density at radius 1 is 1.30 bits per heavy atom. The first kappa shape index (κ1) is 13.1. The van der Waals surface area contributed by atoms with Crippen LogP contribution in [0.4, 0.5) is 0 Å². The molecule has 0 aliphatic carbocycles. The van der Waals surface area contributed by atoms with Gasteiger partial charge in [0.1, 0.15) is 11.3 Å². The highest BCUT2D eigenvalue weighted by molar-refractivity contribution is 6.16. The lowest BCUT2D eigenvalue weighted by Gasteiger charge is -2.04. The molecule has 0 spiro atoms. The molecule has 7 heteroatoms. The van der Waals surface area contributed by atoms with Crippen molar-refractivity contribution in [3.63, 3.8) is 0 Å². The van der Waals surface area contributed by atoms with Gasteiger partial charge < -0.3 is 9.09 Å². The zero-order chi connectivity index (χ0) is 14.1. The third-order valence-corrected chi connectivity index (χ3v) is 3.39. The summed E-state index contributed by atoms with van der Waals surface area (Å²) in [5.74, 6) is 2.40. The molecule has 0 saturated heterocycles. The molecule has 3 rings (SSSR count). The Labute approximate surface area is 120 Å². The molecule has 0 aromatic carbocycles. The normalized spacial score (nSPS) is 11.3. The zero-order valence-electron chi connectivity index (χ0n) is 11.3. The number of hydrogen-bond acceptors (Lipinski definition) is 5. The van der Waals surface area contributed by atoms with Crippen LogP contribution in [0.3, 0.4) is 0 Å². The molecular formula is C13H14ClN5O. The zero-order valence-corrected chi connectivity index (χ0v) is 12.1. The number of nitrogens with zero attached hydrogens (tertiary/aromatic N) is 5. The fourth-order valence-corrected chi connectivity index (χ4v) is 2.37. The van der Waals surface area contributed by atoms with E-state index in [1.807, 2.05) is 17.6 Å². The maximum atomic E-state index is 5.98. The minimum absolute atomic E-state index is 0.346. The van der Waals surface area contributed by atoms with E-state index in [0.29, 0.717) is 30.6 Å². The van der Waals surface area contributed by atoms with Crippen LogP contribution < -0.4 is 0 Å². The van der Waals surface area contributed by atoms with Crippen molar-refractivity contribution in [3.05, 3.63) is 35.4 Å². The van der Waals surface area contributed by atoms with Gasteiger partial charge in [0, 0.05) is 19.2 Å². The molecule has 0 saturated carbocycles. The monoisotopic (exact) mass is 291 g/mol. The van der Waals surface area contributed by atoms with Gasteiger partial charge in [-0.3, -0.25) is 0 Å². The van der Waals surface area contributed by atoms with Gasteiger partial charge in [0.15, 0.2) is 11.5 Å². The molecule has 0 radical (unpaired) electrons. The Balaban J connectivity index is 1.95. The molecule has 0 aliphatic heterocycles. The third-order valence-electron chi connectivity index (χ3n) is 3.15. The van der Waals surface area contributed by atoms with E-state index in [-0.39, 0.29) is 0 Å². The fraction of sp³-hybridized carbons (Fsp3) is 0.385. The van der Waals surface area contributed by atoms with Crippen molar-refractivity contribution >= 4 is 22.8 Å². The maximum Gasteiger partial charge on any atom is 0.228 e. The van der Waals surface area contributed by atoms with Gasteiger partial charge in [-0.15, -0.1) is 11.6 Å². The van der Waals surface area contributed by atoms with Gasteiger partial charge in [-0.2, -0.15) is 4.98 Å². The Hall–Kier alpha value is -1.95. The summed E-state index contributed by atoms with van der Waals surface area (Å²) < 4.78 is 7.13. The maximum absolute atomic E-state index is 5.98. The van der Waals surface area contributed by atoms with E-state index in [9.17, 15) is 0 Å². The molecule has 0 unspecified atom stereocenters. The molecule has 3 aromatic rings. The van der Waals surface area contributed by atoms with Crippen LogP contribution >= 0.6 is 11.6 Å². The summed E-state index contributed by atoms with van der Waals surface area (Å²) in [6.07, 6.45) is 2.41. The van der Waals surface area contributed by atoms with Gasteiger partial charge in [-0.1, -0.05) is 5.16 Å². The summed E-state index contributed by atoms with van der Waals surface area (Å²) in [7, 11) is 0. The minimum atomic E-state index is 0.346. The molecule has 3 heterocycles. The lowest BCUT2D eigenvalue weighted by Crippen LogP contribution is -2.06. The van der Waals surface area contributed by atoms with E-state index in [1.165, 1.54) is 0 Å². The number of pyridine rings is 1. The average Bonchev–Trinajstić information content (AvgIpc) is 3.01. The van der Waals surface area contributed by atoms with E-state index in [0.717, 1.165) is 22.6 Å². The second kappa shape index (κ2) is 5.20. The van der Waals surface area contributed by atoms with E-state index in [2.05, 4.69) is 20.1 Å². The molecule has 6 nitrogen and oxygen atoms in total. The van der Waals surface area contributed by atoms with Gasteiger partial charge in [0.05, 0.1) is 5.88 Å². The van der Waals surface area contributed by atoms with Crippen LogP contribution in [0.25, 0.3) is 11.2 Å². The summed E-state index contributed by atoms with van der Waals surface area (Å²) in [5.41, 5.74) is 2.83. The molecule has 3 aromatic heterocycles. The smallest absolute Gasteiger partial charge is 0.228 e. The highest BCUT2D eigenvalue weighted by Crippen LogP contribution is 2.19. The molecular weight excluding hydrogens is 278 g/mol. The molecule has 0 N–H and O–H groups in total. The van der Waals surface area contributed by atoms with E-state index in [1.54, 1.807) is 13.1 Å². The lowest BCUT2D eigenvalue weighted by atomic mass is 10.3. The van der Waals surface area contributed by atoms with Crippen molar-refractivity contribution < 1.29 is 4.52 Å². The summed E-state index contributed by atoms with van der Waals surface area (Å²) in [6.45, 7) is 4.48. The molecule has 0 bridgehead atoms. The van der Waals surface area contributed by atoms with Crippen molar-refractivity contribution in [3.8, 4) is 0 Å². The van der Waals surface area contributed by atoms with Gasteiger partial charge >= 0.3 is 0 Å². The van der Waals surface area contributed by atoms with Crippen LogP contribution in [0.15, 0.2) is 16.8 Å². The topological polar surface area (TPSA) is 69.6 Å². The van der Waals surface area contributed by atoms with Crippen LogP contribution in [0, 0.1) is 13.8 Å². The Kier molecular flexibility index (Phi) is 3.40. The summed E-state index contributed by atoms with van der Waals surface area (Å²) in [4.78, 5) is 13.2. The molecule has 0 amide bonds. The number of fused-ring (bicyclic) bond motifs is 1. The second-order valence-corrected chi connectivity index (χ2v) is 4.87. The SMILES string of the molecule is Cc1noc(CCn2c(CCl)nc3c(C)ccnc32)n1. The third kappa shape index (κ3) is 2.27. The van der Waals surface area contributed by atoms with Crippen molar-refractivity contribution in [1.82, 2.24) is 24.7 Å². The van der Waals surface area contributed by atoms with E-state index in [4.69, 9.17) is 16.1 Å². The minimum Gasteiger partial charge on any atom is -0.339 e. The van der Waals surface area contributed by atoms with Crippen molar-refractivity contribution in [2.45, 2.75) is 32.7 Å². The average molecular weight is 292 g/mol. The first-order valence-corrected chi connectivity index (χ1v) is 6.88. The predicted molar refractivity (Wildman–Crippen MR) is 74.6 cm³/mol. The summed E-state index contributed by atoms with van der Waals surface area (Å²) in [5, 5.41) is 3.78. The fourth-order valence-electron chi connectivity index (χ4n) is 2.17. The first-order chi connectivity index (χ1) is 9.69. The number of aromatic nitrogens is 5. The van der Waals surface area contributed by atoms with Crippen LogP contribution in [-0.4, -0.2) is 24.7 Å². The molecule has 20 heavy (non-hydrogen) atoms. The summed E-state index contributed by atoms with van der Waals surface area (Å²) in [6, 6.07) is 1.94. The number of rotatable bonds is 4. The van der Waals surface area contributed by atoms with Crippen LogP contribution in [0.2, 0.25) is 0 Å². The molecule has 0 aliphatic rings. The van der Waals surface area contributed by atoms with E-state index < -0.39 is 0 Å².